The molecule has 0 saturated heterocycles. The Kier molecular flexibility index (Phi) is 3.34. The molecule has 2 heterocycles. The summed E-state index contributed by atoms with van der Waals surface area (Å²) in [6, 6.07) is 5.78. The van der Waals surface area contributed by atoms with Gasteiger partial charge in [0.1, 0.15) is 0 Å². The zero-order valence-electron chi connectivity index (χ0n) is 7.82. The zero-order chi connectivity index (χ0) is 10.7. The van der Waals surface area contributed by atoms with Gasteiger partial charge in [-0.05, 0) is 23.8 Å². The first kappa shape index (κ1) is 10.6. The maximum Gasteiger partial charge on any atom is 0.0695 e. The Morgan fingerprint density at radius 2 is 1.93 bits per heavy atom. The van der Waals surface area contributed by atoms with Gasteiger partial charge in [-0.15, -0.1) is 0 Å². The van der Waals surface area contributed by atoms with Crippen LogP contribution in [0.3, 0.4) is 0 Å². The molecule has 0 N–H and O–H groups in total. The van der Waals surface area contributed by atoms with Crippen molar-refractivity contribution < 1.29 is 0 Å². The summed E-state index contributed by atoms with van der Waals surface area (Å²) in [5, 5.41) is 1.35. The molecule has 0 spiro atoms. The molecule has 0 aliphatic heterocycles. The van der Waals surface area contributed by atoms with E-state index in [0.717, 1.165) is 16.8 Å². The van der Waals surface area contributed by atoms with Crippen molar-refractivity contribution in [1.82, 2.24) is 9.97 Å². The minimum absolute atomic E-state index is 0.669. The molecule has 0 fully saturated rings. The number of halogens is 2. The molecule has 0 unspecified atom stereocenters. The van der Waals surface area contributed by atoms with Crippen LogP contribution >= 0.6 is 27.5 Å². The molecule has 0 atom stereocenters. The molecule has 2 aromatic rings. The Bertz CT molecular complexity index is 459. The smallest absolute Gasteiger partial charge is 0.0695 e. The summed E-state index contributed by atoms with van der Waals surface area (Å²) in [5.41, 5.74) is 2.93. The monoisotopic (exact) mass is 282 g/mol. The standard InChI is InChI=1S/C11H8BrClN2/c12-6-11-10(13)5-9(7-15-11)8-1-3-14-4-2-8/h1-5,7H,6H2. The van der Waals surface area contributed by atoms with E-state index in [-0.39, 0.29) is 0 Å². The van der Waals surface area contributed by atoms with Crippen LogP contribution in [0.4, 0.5) is 0 Å². The topological polar surface area (TPSA) is 25.8 Å². The summed E-state index contributed by atoms with van der Waals surface area (Å²) in [5.74, 6) is 0. The molecule has 0 aliphatic carbocycles. The van der Waals surface area contributed by atoms with Gasteiger partial charge in [0.25, 0.3) is 0 Å². The minimum Gasteiger partial charge on any atom is -0.265 e. The van der Waals surface area contributed by atoms with E-state index in [9.17, 15) is 0 Å². The van der Waals surface area contributed by atoms with Crippen LogP contribution in [0.5, 0.6) is 0 Å². The van der Waals surface area contributed by atoms with Gasteiger partial charge < -0.3 is 0 Å². The molecule has 0 radical (unpaired) electrons. The predicted molar refractivity (Wildman–Crippen MR) is 65.1 cm³/mol. The summed E-state index contributed by atoms with van der Waals surface area (Å²) in [6.45, 7) is 0. The Balaban J connectivity index is 2.43. The number of hydrogen-bond donors (Lipinski definition) is 0. The molecule has 0 amide bonds. The van der Waals surface area contributed by atoms with Crippen molar-refractivity contribution >= 4 is 27.5 Å². The fraction of sp³-hybridized carbons (Fsp3) is 0.0909. The number of alkyl halides is 1. The highest BCUT2D eigenvalue weighted by Gasteiger charge is 2.03. The van der Waals surface area contributed by atoms with Crippen molar-refractivity contribution in [3.8, 4) is 11.1 Å². The third-order valence-electron chi connectivity index (χ3n) is 2.06. The molecule has 15 heavy (non-hydrogen) atoms. The largest absolute Gasteiger partial charge is 0.265 e. The molecule has 2 nitrogen and oxygen atoms in total. The van der Waals surface area contributed by atoms with Crippen LogP contribution in [0, 0.1) is 0 Å². The summed E-state index contributed by atoms with van der Waals surface area (Å²) in [4.78, 5) is 8.24. The Morgan fingerprint density at radius 1 is 1.20 bits per heavy atom. The van der Waals surface area contributed by atoms with E-state index in [1.54, 1.807) is 12.4 Å². The molecule has 2 aromatic heterocycles. The fourth-order valence-electron chi connectivity index (χ4n) is 1.27. The Labute approximate surface area is 101 Å². The maximum absolute atomic E-state index is 6.07. The molecule has 76 valence electrons. The number of hydrogen-bond acceptors (Lipinski definition) is 2. The lowest BCUT2D eigenvalue weighted by Crippen LogP contribution is -1.88. The van der Waals surface area contributed by atoms with Gasteiger partial charge >= 0.3 is 0 Å². The molecule has 0 aliphatic rings. The van der Waals surface area contributed by atoms with E-state index >= 15 is 0 Å². The molecule has 0 bridgehead atoms. The first-order chi connectivity index (χ1) is 7.31. The lowest BCUT2D eigenvalue weighted by Gasteiger charge is -2.03. The Hall–Kier alpha value is -0.930. The number of rotatable bonds is 2. The summed E-state index contributed by atoms with van der Waals surface area (Å²) in [6.07, 6.45) is 5.32. The van der Waals surface area contributed by atoms with E-state index in [2.05, 4.69) is 25.9 Å². The van der Waals surface area contributed by atoms with Crippen LogP contribution in [0.15, 0.2) is 36.8 Å². The molecular weight excluding hydrogens is 275 g/mol. The van der Waals surface area contributed by atoms with Gasteiger partial charge in [-0.3, -0.25) is 9.97 Å². The third kappa shape index (κ3) is 2.36. The summed E-state index contributed by atoms with van der Waals surface area (Å²) in [7, 11) is 0. The van der Waals surface area contributed by atoms with E-state index < -0.39 is 0 Å². The highest BCUT2D eigenvalue weighted by atomic mass is 79.9. The van der Waals surface area contributed by atoms with Crippen molar-refractivity contribution in [2.45, 2.75) is 5.33 Å². The van der Waals surface area contributed by atoms with Crippen molar-refractivity contribution in [3.05, 3.63) is 47.5 Å². The van der Waals surface area contributed by atoms with Crippen molar-refractivity contribution in [2.24, 2.45) is 0 Å². The van der Waals surface area contributed by atoms with E-state index in [1.165, 1.54) is 0 Å². The average Bonchev–Trinajstić information content (AvgIpc) is 2.30. The molecule has 0 saturated carbocycles. The van der Waals surface area contributed by atoms with E-state index in [0.29, 0.717) is 10.4 Å². The van der Waals surface area contributed by atoms with Gasteiger partial charge in [-0.25, -0.2) is 0 Å². The van der Waals surface area contributed by atoms with Gasteiger partial charge in [0.15, 0.2) is 0 Å². The van der Waals surface area contributed by atoms with Crippen LogP contribution in [0.25, 0.3) is 11.1 Å². The second-order valence-corrected chi connectivity index (χ2v) is 3.99. The van der Waals surface area contributed by atoms with Crippen LogP contribution in [0.1, 0.15) is 5.69 Å². The second kappa shape index (κ2) is 4.73. The third-order valence-corrected chi connectivity index (χ3v) is 2.92. The van der Waals surface area contributed by atoms with Crippen LogP contribution < -0.4 is 0 Å². The van der Waals surface area contributed by atoms with Crippen molar-refractivity contribution in [2.75, 3.05) is 0 Å². The number of pyridine rings is 2. The number of aromatic nitrogens is 2. The predicted octanol–water partition coefficient (Wildman–Crippen LogP) is 3.69. The summed E-state index contributed by atoms with van der Waals surface area (Å²) < 4.78 is 0. The lowest BCUT2D eigenvalue weighted by molar-refractivity contribution is 1.18. The second-order valence-electron chi connectivity index (χ2n) is 3.02. The Morgan fingerprint density at radius 3 is 2.53 bits per heavy atom. The lowest BCUT2D eigenvalue weighted by atomic mass is 10.1. The van der Waals surface area contributed by atoms with E-state index in [1.807, 2.05) is 24.4 Å². The van der Waals surface area contributed by atoms with Crippen LogP contribution in [-0.4, -0.2) is 9.97 Å². The maximum atomic E-state index is 6.07. The fourth-order valence-corrected chi connectivity index (χ4v) is 2.11. The van der Waals surface area contributed by atoms with Gasteiger partial charge in [-0.1, -0.05) is 27.5 Å². The molecule has 0 aromatic carbocycles. The minimum atomic E-state index is 0.669. The van der Waals surface area contributed by atoms with Crippen molar-refractivity contribution in [1.29, 1.82) is 0 Å². The molecule has 4 heteroatoms. The first-order valence-electron chi connectivity index (χ1n) is 4.42. The van der Waals surface area contributed by atoms with Crippen molar-refractivity contribution in [3.63, 3.8) is 0 Å². The normalized spacial score (nSPS) is 10.3. The molecular formula is C11H8BrClN2. The zero-order valence-corrected chi connectivity index (χ0v) is 10.2. The van der Waals surface area contributed by atoms with Gasteiger partial charge in [-0.2, -0.15) is 0 Å². The highest BCUT2D eigenvalue weighted by Crippen LogP contribution is 2.24. The van der Waals surface area contributed by atoms with Crippen LogP contribution in [-0.2, 0) is 5.33 Å². The van der Waals surface area contributed by atoms with E-state index in [4.69, 9.17) is 11.6 Å². The van der Waals surface area contributed by atoms with Gasteiger partial charge in [0, 0.05) is 29.5 Å². The summed E-state index contributed by atoms with van der Waals surface area (Å²) >= 11 is 9.40. The molecule has 2 rings (SSSR count). The van der Waals surface area contributed by atoms with Crippen LogP contribution in [0.2, 0.25) is 5.02 Å². The van der Waals surface area contributed by atoms with Gasteiger partial charge in [0.05, 0.1) is 10.7 Å². The highest BCUT2D eigenvalue weighted by molar-refractivity contribution is 9.08. The number of nitrogens with zero attached hydrogens (tertiary/aromatic N) is 2. The first-order valence-corrected chi connectivity index (χ1v) is 5.92. The quantitative estimate of drug-likeness (QED) is 0.786. The average molecular weight is 284 g/mol. The van der Waals surface area contributed by atoms with Gasteiger partial charge in [0.2, 0.25) is 0 Å². The SMILES string of the molecule is Clc1cc(-c2ccncc2)cnc1CBr.